The highest BCUT2D eigenvalue weighted by atomic mass is 16.6. The zero-order valence-corrected chi connectivity index (χ0v) is 12.9. The van der Waals surface area contributed by atoms with Gasteiger partial charge in [-0.25, -0.2) is 0 Å². The summed E-state index contributed by atoms with van der Waals surface area (Å²) in [6, 6.07) is 0. The number of hydrogen-bond donors (Lipinski definition) is 0. The van der Waals surface area contributed by atoms with Crippen LogP contribution in [0.15, 0.2) is 11.1 Å². The molecule has 1 fully saturated rings. The maximum atomic E-state index is 11.7. The number of rotatable bonds is 0. The van der Waals surface area contributed by atoms with E-state index in [-0.39, 0.29) is 22.4 Å². The van der Waals surface area contributed by atoms with E-state index in [1.54, 1.807) is 5.57 Å². The molecule has 2 atom stereocenters. The molecular weight excluding hydrogens is 236 g/mol. The third kappa shape index (κ3) is 1.52. The van der Waals surface area contributed by atoms with Crippen molar-refractivity contribution in [1.82, 2.24) is 0 Å². The van der Waals surface area contributed by atoms with E-state index in [1.165, 1.54) is 18.4 Å². The molecule has 3 aliphatic rings. The summed E-state index contributed by atoms with van der Waals surface area (Å²) in [5, 5.41) is 0. The Bertz CT molecular complexity index is 470. The van der Waals surface area contributed by atoms with Gasteiger partial charge in [-0.1, -0.05) is 40.2 Å². The quantitative estimate of drug-likeness (QED) is 0.482. The maximum absolute atomic E-state index is 11.7. The molecule has 2 heteroatoms. The van der Waals surface area contributed by atoms with Gasteiger partial charge in [0.1, 0.15) is 5.60 Å². The first kappa shape index (κ1) is 13.2. The highest BCUT2D eigenvalue weighted by Gasteiger charge is 2.60. The van der Waals surface area contributed by atoms with Gasteiger partial charge in [-0.2, -0.15) is 0 Å². The first-order valence-electron chi connectivity index (χ1n) is 7.68. The van der Waals surface area contributed by atoms with Gasteiger partial charge >= 0.3 is 5.97 Å². The molecule has 1 aliphatic heterocycles. The van der Waals surface area contributed by atoms with Crippen LogP contribution < -0.4 is 0 Å². The van der Waals surface area contributed by atoms with Gasteiger partial charge in [0.2, 0.25) is 0 Å². The monoisotopic (exact) mass is 262 g/mol. The number of carbonyl (C=O) groups excluding carboxylic acids is 1. The average Bonchev–Trinajstić information content (AvgIpc) is 2.74. The number of esters is 1. The van der Waals surface area contributed by atoms with Crippen LogP contribution in [0.5, 0.6) is 0 Å². The highest BCUT2D eigenvalue weighted by Crippen LogP contribution is 2.65. The first-order chi connectivity index (χ1) is 8.72. The molecule has 0 amide bonds. The Kier molecular flexibility index (Phi) is 2.54. The molecule has 0 bridgehead atoms. The van der Waals surface area contributed by atoms with Crippen molar-refractivity contribution in [3.63, 3.8) is 0 Å². The van der Waals surface area contributed by atoms with E-state index in [4.69, 9.17) is 4.74 Å². The second-order valence-electron chi connectivity index (χ2n) is 7.84. The molecule has 1 spiro atoms. The van der Waals surface area contributed by atoms with E-state index < -0.39 is 0 Å². The van der Waals surface area contributed by atoms with Gasteiger partial charge in [-0.05, 0) is 41.6 Å². The van der Waals surface area contributed by atoms with Crippen molar-refractivity contribution in [2.24, 2.45) is 16.7 Å². The van der Waals surface area contributed by atoms with Crippen LogP contribution in [0.25, 0.3) is 0 Å². The summed E-state index contributed by atoms with van der Waals surface area (Å²) >= 11 is 0. The van der Waals surface area contributed by atoms with Crippen molar-refractivity contribution in [3.05, 3.63) is 11.1 Å². The minimum atomic E-state index is -0.254. The predicted molar refractivity (Wildman–Crippen MR) is 75.7 cm³/mol. The fourth-order valence-corrected chi connectivity index (χ4v) is 5.05. The zero-order chi connectivity index (χ0) is 14.1. The van der Waals surface area contributed by atoms with Gasteiger partial charge in [0.15, 0.2) is 0 Å². The molecule has 1 saturated heterocycles. The molecule has 2 aliphatic carbocycles. The molecular formula is C17H26O2. The van der Waals surface area contributed by atoms with Crippen molar-refractivity contribution in [2.75, 3.05) is 0 Å². The number of ether oxygens (including phenoxy) is 1. The van der Waals surface area contributed by atoms with Crippen LogP contribution >= 0.6 is 0 Å². The average molecular weight is 262 g/mol. The Morgan fingerprint density at radius 2 is 1.74 bits per heavy atom. The van der Waals surface area contributed by atoms with Gasteiger partial charge < -0.3 is 4.74 Å². The lowest BCUT2D eigenvalue weighted by Gasteiger charge is -2.41. The van der Waals surface area contributed by atoms with Gasteiger partial charge in [0.25, 0.3) is 0 Å². The van der Waals surface area contributed by atoms with Crippen LogP contribution in [0.3, 0.4) is 0 Å². The Morgan fingerprint density at radius 1 is 1.05 bits per heavy atom. The summed E-state index contributed by atoms with van der Waals surface area (Å²) < 4.78 is 5.88. The lowest BCUT2D eigenvalue weighted by molar-refractivity contribution is -0.147. The lowest BCUT2D eigenvalue weighted by Crippen LogP contribution is -2.40. The van der Waals surface area contributed by atoms with Crippen molar-refractivity contribution in [1.29, 1.82) is 0 Å². The van der Waals surface area contributed by atoms with Crippen molar-refractivity contribution < 1.29 is 9.53 Å². The smallest absolute Gasteiger partial charge is 0.306 e. The van der Waals surface area contributed by atoms with E-state index >= 15 is 0 Å². The van der Waals surface area contributed by atoms with E-state index in [0.29, 0.717) is 12.3 Å². The molecule has 0 N–H and O–H groups in total. The fourth-order valence-electron chi connectivity index (χ4n) is 5.05. The first-order valence-corrected chi connectivity index (χ1v) is 7.68. The third-order valence-electron chi connectivity index (χ3n) is 6.39. The normalized spacial score (nSPS) is 39.6. The molecule has 1 heterocycles. The molecule has 0 aromatic rings. The highest BCUT2D eigenvalue weighted by molar-refractivity contribution is 5.73. The van der Waals surface area contributed by atoms with Gasteiger partial charge in [-0.15, -0.1) is 0 Å². The maximum Gasteiger partial charge on any atom is 0.306 e. The van der Waals surface area contributed by atoms with E-state index in [9.17, 15) is 4.79 Å². The molecule has 106 valence electrons. The van der Waals surface area contributed by atoms with Crippen LogP contribution in [0.2, 0.25) is 0 Å². The summed E-state index contributed by atoms with van der Waals surface area (Å²) in [5.41, 5.74) is 3.20. The molecule has 2 unspecified atom stereocenters. The largest absolute Gasteiger partial charge is 0.454 e. The number of carbonyl (C=O) groups is 1. The molecule has 0 aromatic heterocycles. The summed E-state index contributed by atoms with van der Waals surface area (Å²) in [7, 11) is 0. The van der Waals surface area contributed by atoms with Crippen LogP contribution in [0.1, 0.15) is 66.7 Å². The van der Waals surface area contributed by atoms with E-state index in [1.807, 2.05) is 0 Å². The van der Waals surface area contributed by atoms with Crippen LogP contribution in [-0.2, 0) is 9.53 Å². The Balaban J connectivity index is 2.17. The standard InChI is InChI=1S/C17H26O2/c1-11-15(2,3)12-7-6-9-17(10-8-13(18)19-17)14(12)16(11,4)5/h11H,6-10H2,1-5H3. The van der Waals surface area contributed by atoms with Crippen LogP contribution in [0.4, 0.5) is 0 Å². The van der Waals surface area contributed by atoms with Crippen LogP contribution in [0, 0.1) is 16.7 Å². The minimum absolute atomic E-state index is 0.00177. The molecule has 0 saturated carbocycles. The second kappa shape index (κ2) is 3.65. The summed E-state index contributed by atoms with van der Waals surface area (Å²) in [4.78, 5) is 11.7. The minimum Gasteiger partial charge on any atom is -0.454 e. The molecule has 19 heavy (non-hydrogen) atoms. The van der Waals surface area contributed by atoms with Gasteiger partial charge in [-0.3, -0.25) is 4.79 Å². The molecule has 0 aromatic carbocycles. The topological polar surface area (TPSA) is 26.3 Å². The SMILES string of the molecule is CC1C(C)(C)C2=C(C3(CCC2)CCC(=O)O3)C1(C)C. The van der Waals surface area contributed by atoms with Gasteiger partial charge in [0, 0.05) is 12.8 Å². The Hall–Kier alpha value is -0.790. The van der Waals surface area contributed by atoms with E-state index in [2.05, 4.69) is 34.6 Å². The summed E-state index contributed by atoms with van der Waals surface area (Å²) in [5.74, 6) is 0.598. The van der Waals surface area contributed by atoms with Crippen molar-refractivity contribution in [2.45, 2.75) is 72.3 Å². The number of allylic oxidation sites excluding steroid dienone is 1. The zero-order valence-electron chi connectivity index (χ0n) is 12.9. The molecule has 3 rings (SSSR count). The number of fused-ring (bicyclic) bond motifs is 1. The fraction of sp³-hybridized carbons (Fsp3) is 0.824. The van der Waals surface area contributed by atoms with Crippen LogP contribution in [-0.4, -0.2) is 11.6 Å². The lowest BCUT2D eigenvalue weighted by atomic mass is 9.67. The van der Waals surface area contributed by atoms with Gasteiger partial charge in [0.05, 0.1) is 0 Å². The second-order valence-corrected chi connectivity index (χ2v) is 7.84. The summed E-state index contributed by atoms with van der Waals surface area (Å²) in [6.07, 6.45) is 4.89. The predicted octanol–water partition coefficient (Wildman–Crippen LogP) is 4.24. The Labute approximate surface area is 116 Å². The van der Waals surface area contributed by atoms with Crippen molar-refractivity contribution in [3.8, 4) is 0 Å². The summed E-state index contributed by atoms with van der Waals surface area (Å²) in [6.45, 7) is 11.8. The Morgan fingerprint density at radius 3 is 2.32 bits per heavy atom. The molecule has 0 radical (unpaired) electrons. The molecule has 2 nitrogen and oxygen atoms in total. The third-order valence-corrected chi connectivity index (χ3v) is 6.39. The van der Waals surface area contributed by atoms with E-state index in [0.717, 1.165) is 12.8 Å². The van der Waals surface area contributed by atoms with Crippen molar-refractivity contribution >= 4 is 5.97 Å². The number of hydrogen-bond acceptors (Lipinski definition) is 2.